The second-order valence-electron chi connectivity index (χ2n) is 4.76. The minimum absolute atomic E-state index is 0.0300. The lowest BCUT2D eigenvalue weighted by Crippen LogP contribution is -2.49. The van der Waals surface area contributed by atoms with Gasteiger partial charge in [-0.25, -0.2) is 0 Å². The summed E-state index contributed by atoms with van der Waals surface area (Å²) in [5.41, 5.74) is -1.08. The first kappa shape index (κ1) is 20.5. The van der Waals surface area contributed by atoms with Gasteiger partial charge < -0.3 is 10.6 Å². The van der Waals surface area contributed by atoms with E-state index < -0.39 is 27.6 Å². The highest BCUT2D eigenvalue weighted by Gasteiger charge is 2.36. The van der Waals surface area contributed by atoms with Crippen LogP contribution in [-0.4, -0.2) is 15.9 Å². The zero-order chi connectivity index (χ0) is 18.8. The molecule has 0 aliphatic rings. The summed E-state index contributed by atoms with van der Waals surface area (Å²) >= 11 is 24.5. The SMILES string of the molecule is O=C(N[C@H](Nc1cc(C(F)(F)F)ccc1Cl)C(Cl)(Cl)Cl)c1cccs1. The molecule has 1 aromatic carbocycles. The van der Waals surface area contributed by atoms with Crippen molar-refractivity contribution >= 4 is 69.3 Å². The Morgan fingerprint density at radius 2 is 1.84 bits per heavy atom. The molecule has 0 spiro atoms. The van der Waals surface area contributed by atoms with E-state index in [-0.39, 0.29) is 10.7 Å². The van der Waals surface area contributed by atoms with Gasteiger partial charge in [-0.05, 0) is 29.6 Å². The normalized spacial score (nSPS) is 13.4. The van der Waals surface area contributed by atoms with Crippen LogP contribution in [0.15, 0.2) is 35.7 Å². The Labute approximate surface area is 165 Å². The number of halogens is 7. The molecule has 0 saturated heterocycles. The fraction of sp³-hybridized carbons (Fsp3) is 0.214. The second kappa shape index (κ2) is 7.80. The predicted octanol–water partition coefficient (Wildman–Crippen LogP) is 5.96. The maximum Gasteiger partial charge on any atom is 0.416 e. The van der Waals surface area contributed by atoms with Crippen LogP contribution < -0.4 is 10.6 Å². The van der Waals surface area contributed by atoms with Crippen molar-refractivity contribution in [3.63, 3.8) is 0 Å². The number of thiophene rings is 1. The topological polar surface area (TPSA) is 41.1 Å². The molecule has 0 radical (unpaired) electrons. The first-order valence-electron chi connectivity index (χ1n) is 6.53. The molecule has 0 bridgehead atoms. The summed E-state index contributed by atoms with van der Waals surface area (Å²) in [7, 11) is 0. The number of nitrogens with one attached hydrogen (secondary N) is 2. The van der Waals surface area contributed by atoms with E-state index in [2.05, 4.69) is 10.6 Å². The van der Waals surface area contributed by atoms with E-state index in [1.807, 2.05) is 0 Å². The summed E-state index contributed by atoms with van der Waals surface area (Å²) in [5, 5.41) is 6.60. The van der Waals surface area contributed by atoms with Crippen molar-refractivity contribution in [2.75, 3.05) is 5.32 Å². The van der Waals surface area contributed by atoms with Crippen molar-refractivity contribution in [1.82, 2.24) is 5.32 Å². The summed E-state index contributed by atoms with van der Waals surface area (Å²) < 4.78 is 36.5. The third kappa shape index (κ3) is 5.56. The van der Waals surface area contributed by atoms with Crippen molar-refractivity contribution in [1.29, 1.82) is 0 Å². The Morgan fingerprint density at radius 3 is 2.36 bits per heavy atom. The van der Waals surface area contributed by atoms with Crippen LogP contribution in [0, 0.1) is 0 Å². The van der Waals surface area contributed by atoms with Crippen molar-refractivity contribution in [3.05, 3.63) is 51.2 Å². The molecule has 0 aliphatic carbocycles. The summed E-state index contributed by atoms with van der Waals surface area (Å²) in [6.07, 6.45) is -5.90. The molecular weight excluding hydrogens is 443 g/mol. The Balaban J connectivity index is 2.27. The molecule has 2 N–H and O–H groups in total. The van der Waals surface area contributed by atoms with Gasteiger partial charge in [0.15, 0.2) is 0 Å². The van der Waals surface area contributed by atoms with Gasteiger partial charge >= 0.3 is 6.18 Å². The first-order chi connectivity index (χ1) is 11.5. The maximum absolute atomic E-state index is 12.8. The van der Waals surface area contributed by atoms with Gasteiger partial charge in [0.1, 0.15) is 6.17 Å². The van der Waals surface area contributed by atoms with Gasteiger partial charge in [0.25, 0.3) is 5.91 Å². The summed E-state index contributed by atoms with van der Waals surface area (Å²) in [5.74, 6) is -0.554. The molecule has 1 heterocycles. The molecule has 0 unspecified atom stereocenters. The number of hydrogen-bond acceptors (Lipinski definition) is 3. The zero-order valence-electron chi connectivity index (χ0n) is 12.0. The van der Waals surface area contributed by atoms with Crippen molar-refractivity contribution in [2.24, 2.45) is 0 Å². The van der Waals surface area contributed by atoms with E-state index in [9.17, 15) is 18.0 Å². The number of anilines is 1. The standard InChI is InChI=1S/C14H9Cl4F3N2OS/c15-8-4-3-7(14(19,20)21)6-9(8)22-12(13(16,17)18)23-11(24)10-2-1-5-25-10/h1-6,12,22H,(H,23,24)/t12-/m0/s1. The number of benzene rings is 1. The van der Waals surface area contributed by atoms with Gasteiger partial charge in [0, 0.05) is 0 Å². The van der Waals surface area contributed by atoms with Crippen molar-refractivity contribution < 1.29 is 18.0 Å². The number of hydrogen-bond donors (Lipinski definition) is 2. The maximum atomic E-state index is 12.8. The van der Waals surface area contributed by atoms with Crippen LogP contribution in [0.4, 0.5) is 18.9 Å². The van der Waals surface area contributed by atoms with Crippen LogP contribution in [0.1, 0.15) is 15.2 Å². The Kier molecular flexibility index (Phi) is 6.38. The lowest BCUT2D eigenvalue weighted by molar-refractivity contribution is -0.137. The van der Waals surface area contributed by atoms with Gasteiger partial charge in [-0.1, -0.05) is 52.5 Å². The Morgan fingerprint density at radius 1 is 1.16 bits per heavy atom. The molecule has 0 fully saturated rings. The van der Waals surface area contributed by atoms with Crippen LogP contribution in [0.25, 0.3) is 0 Å². The summed E-state index contributed by atoms with van der Waals surface area (Å²) in [4.78, 5) is 12.5. The molecule has 3 nitrogen and oxygen atoms in total. The Bertz CT molecular complexity index is 748. The highest BCUT2D eigenvalue weighted by molar-refractivity contribution is 7.12. The van der Waals surface area contributed by atoms with Crippen molar-refractivity contribution in [2.45, 2.75) is 16.1 Å². The predicted molar refractivity (Wildman–Crippen MR) is 95.9 cm³/mol. The van der Waals surface area contributed by atoms with Gasteiger partial charge in [-0.2, -0.15) is 13.2 Å². The fourth-order valence-electron chi connectivity index (χ4n) is 1.78. The first-order valence-corrected chi connectivity index (χ1v) is 8.92. The van der Waals surface area contributed by atoms with Gasteiger partial charge in [-0.15, -0.1) is 11.3 Å². The van der Waals surface area contributed by atoms with Crippen molar-refractivity contribution in [3.8, 4) is 0 Å². The highest BCUT2D eigenvalue weighted by atomic mass is 35.6. The van der Waals surface area contributed by atoms with E-state index in [1.165, 1.54) is 0 Å². The zero-order valence-corrected chi connectivity index (χ0v) is 15.8. The number of alkyl halides is 6. The number of rotatable bonds is 4. The largest absolute Gasteiger partial charge is 0.416 e. The molecule has 2 aromatic rings. The molecule has 0 aliphatic heterocycles. The molecule has 1 aromatic heterocycles. The van der Waals surface area contributed by atoms with E-state index in [0.29, 0.717) is 4.88 Å². The minimum Gasteiger partial charge on any atom is -0.361 e. The molecule has 1 amide bonds. The van der Waals surface area contributed by atoms with E-state index in [4.69, 9.17) is 46.4 Å². The molecular formula is C14H9Cl4F3N2OS. The summed E-state index contributed by atoms with van der Waals surface area (Å²) in [6.45, 7) is 0. The van der Waals surface area contributed by atoms with Gasteiger partial charge in [-0.3, -0.25) is 4.79 Å². The van der Waals surface area contributed by atoms with E-state index in [1.54, 1.807) is 17.5 Å². The summed E-state index contributed by atoms with van der Waals surface area (Å²) in [6, 6.07) is 5.85. The van der Waals surface area contributed by atoms with Crippen LogP contribution in [0.3, 0.4) is 0 Å². The monoisotopic (exact) mass is 450 g/mol. The third-order valence-electron chi connectivity index (χ3n) is 2.94. The van der Waals surface area contributed by atoms with E-state index >= 15 is 0 Å². The average molecular weight is 452 g/mol. The second-order valence-corrected chi connectivity index (χ2v) is 8.49. The van der Waals surface area contributed by atoms with Crippen LogP contribution in [0.5, 0.6) is 0 Å². The molecule has 136 valence electrons. The smallest absolute Gasteiger partial charge is 0.361 e. The molecule has 0 saturated carbocycles. The average Bonchev–Trinajstić information content (AvgIpc) is 3.00. The quantitative estimate of drug-likeness (QED) is 0.444. The van der Waals surface area contributed by atoms with Gasteiger partial charge in [0.05, 0.1) is 21.2 Å². The fourth-order valence-corrected chi connectivity index (χ4v) is 2.90. The molecule has 25 heavy (non-hydrogen) atoms. The number of amides is 1. The lowest BCUT2D eigenvalue weighted by atomic mass is 10.2. The van der Waals surface area contributed by atoms with Crippen LogP contribution >= 0.6 is 57.7 Å². The molecule has 11 heteroatoms. The van der Waals surface area contributed by atoms with Gasteiger partial charge in [0.2, 0.25) is 3.79 Å². The number of carbonyl (C=O) groups is 1. The number of carbonyl (C=O) groups excluding carboxylic acids is 1. The Hall–Kier alpha value is -0.860. The lowest BCUT2D eigenvalue weighted by Gasteiger charge is -2.28. The van der Waals surface area contributed by atoms with Crippen LogP contribution in [0.2, 0.25) is 5.02 Å². The van der Waals surface area contributed by atoms with Crippen LogP contribution in [-0.2, 0) is 6.18 Å². The van der Waals surface area contributed by atoms with E-state index in [0.717, 1.165) is 29.5 Å². The molecule has 2 rings (SSSR count). The molecule has 1 atom stereocenters. The highest BCUT2D eigenvalue weighted by Crippen LogP contribution is 2.36. The minimum atomic E-state index is -4.57. The third-order valence-corrected chi connectivity index (χ3v) is 4.79.